The van der Waals surface area contributed by atoms with Crippen LogP contribution in [-0.4, -0.2) is 87.3 Å². The van der Waals surface area contributed by atoms with Gasteiger partial charge in [-0.2, -0.15) is 0 Å². The summed E-state index contributed by atoms with van der Waals surface area (Å²) < 4.78 is 31.1. The predicted molar refractivity (Wildman–Crippen MR) is 185 cm³/mol. The zero-order chi connectivity index (χ0) is 37.5. The van der Waals surface area contributed by atoms with E-state index in [0.29, 0.717) is 17.8 Å². The quantitative estimate of drug-likeness (QED) is 0.139. The van der Waals surface area contributed by atoms with E-state index in [9.17, 15) is 37.9 Å². The number of nitrogens with two attached hydrogens (primary N) is 1. The van der Waals surface area contributed by atoms with Crippen molar-refractivity contribution in [2.75, 3.05) is 26.2 Å². The topological polar surface area (TPSA) is 167 Å². The molecule has 1 aliphatic rings. The van der Waals surface area contributed by atoms with E-state index >= 15 is 0 Å². The van der Waals surface area contributed by atoms with Gasteiger partial charge in [-0.3, -0.25) is 28.9 Å². The van der Waals surface area contributed by atoms with Crippen molar-refractivity contribution in [1.82, 2.24) is 25.0 Å². The average Bonchev–Trinajstić information content (AvgIpc) is 3.65. The minimum Gasteiger partial charge on any atom is -0.387 e. The molecule has 2 aromatic carbocycles. The molecular formula is C37H44F2N6O6. The number of rotatable bonds is 15. The molecule has 0 spiro atoms. The Balaban J connectivity index is 1.50. The van der Waals surface area contributed by atoms with E-state index in [2.05, 4.69) is 10.6 Å². The Morgan fingerprint density at radius 3 is 2.18 bits per heavy atom. The van der Waals surface area contributed by atoms with Crippen LogP contribution >= 0.6 is 0 Å². The molecule has 0 saturated heterocycles. The second-order valence-electron chi connectivity index (χ2n) is 13.4. The minimum atomic E-state index is -1.08. The van der Waals surface area contributed by atoms with Crippen LogP contribution in [0.3, 0.4) is 0 Å². The first kappa shape index (κ1) is 38.6. The minimum absolute atomic E-state index is 0.000844. The Kier molecular flexibility index (Phi) is 12.6. The average molecular weight is 707 g/mol. The van der Waals surface area contributed by atoms with E-state index in [4.69, 9.17) is 5.73 Å². The molecule has 0 radical (unpaired) electrons. The highest BCUT2D eigenvalue weighted by Crippen LogP contribution is 2.41. The summed E-state index contributed by atoms with van der Waals surface area (Å²) in [4.78, 5) is 64.7. The molecule has 14 heteroatoms. The van der Waals surface area contributed by atoms with Crippen LogP contribution in [0.2, 0.25) is 0 Å². The highest BCUT2D eigenvalue weighted by Gasteiger charge is 2.37. The van der Waals surface area contributed by atoms with Crippen molar-refractivity contribution in [3.63, 3.8) is 0 Å². The zero-order valence-corrected chi connectivity index (χ0v) is 29.1. The van der Waals surface area contributed by atoms with Crippen LogP contribution in [0.25, 0.3) is 11.1 Å². The van der Waals surface area contributed by atoms with Gasteiger partial charge in [0.1, 0.15) is 24.3 Å². The molecule has 51 heavy (non-hydrogen) atoms. The molecule has 1 unspecified atom stereocenters. The first-order valence-electron chi connectivity index (χ1n) is 16.6. The number of aromatic nitrogens is 1. The Hall–Kier alpha value is -5.21. The number of amides is 5. The number of nitrogens with one attached hydrogen (secondary N) is 2. The molecule has 2 heterocycles. The van der Waals surface area contributed by atoms with Gasteiger partial charge in [-0.1, -0.05) is 51.1 Å². The number of carbonyl (C=O) groups is 5. The summed E-state index contributed by atoms with van der Waals surface area (Å²) in [6.07, 6.45) is 3.88. The molecule has 4 rings (SSSR count). The fraction of sp³-hybridized carbons (Fsp3) is 0.378. The van der Waals surface area contributed by atoms with Crippen LogP contribution in [0.1, 0.15) is 51.4 Å². The lowest BCUT2D eigenvalue weighted by molar-refractivity contribution is -0.144. The van der Waals surface area contributed by atoms with Crippen molar-refractivity contribution >= 4 is 29.5 Å². The van der Waals surface area contributed by atoms with Gasteiger partial charge in [-0.05, 0) is 48.6 Å². The summed E-state index contributed by atoms with van der Waals surface area (Å²) in [6, 6.07) is 11.6. The Morgan fingerprint density at radius 2 is 1.57 bits per heavy atom. The van der Waals surface area contributed by atoms with Crippen molar-refractivity contribution < 1.29 is 37.9 Å². The molecule has 1 aromatic heterocycles. The maximum absolute atomic E-state index is 15.0. The van der Waals surface area contributed by atoms with Gasteiger partial charge in [-0.15, -0.1) is 0 Å². The first-order chi connectivity index (χ1) is 24.1. The highest BCUT2D eigenvalue weighted by atomic mass is 19.1. The third kappa shape index (κ3) is 9.52. The molecule has 5 N–H and O–H groups in total. The van der Waals surface area contributed by atoms with Crippen LogP contribution in [0.5, 0.6) is 0 Å². The number of aliphatic hydroxyl groups excluding tert-OH is 1. The van der Waals surface area contributed by atoms with Crippen molar-refractivity contribution in [3.8, 4) is 11.1 Å². The number of imide groups is 1. The molecule has 3 aromatic rings. The number of hydrogen-bond acceptors (Lipinski definition) is 7. The first-order valence-corrected chi connectivity index (χ1v) is 16.6. The van der Waals surface area contributed by atoms with Crippen molar-refractivity contribution in [2.45, 2.75) is 58.8 Å². The lowest BCUT2D eigenvalue weighted by atomic mass is 9.82. The number of halogens is 2. The van der Waals surface area contributed by atoms with Gasteiger partial charge in [0, 0.05) is 61.3 Å². The number of carbonyl (C=O) groups excluding carboxylic acids is 5. The molecule has 12 nitrogen and oxygen atoms in total. The van der Waals surface area contributed by atoms with E-state index in [1.807, 2.05) is 55.7 Å². The lowest BCUT2D eigenvalue weighted by Crippen LogP contribution is -2.50. The van der Waals surface area contributed by atoms with Crippen molar-refractivity contribution in [2.24, 2.45) is 11.1 Å². The summed E-state index contributed by atoms with van der Waals surface area (Å²) in [5, 5.41) is 15.2. The van der Waals surface area contributed by atoms with Gasteiger partial charge < -0.3 is 30.9 Å². The molecule has 0 fully saturated rings. The summed E-state index contributed by atoms with van der Waals surface area (Å²) in [5.41, 5.74) is 7.55. The summed E-state index contributed by atoms with van der Waals surface area (Å²) in [7, 11) is 0. The molecule has 0 bridgehead atoms. The number of hydrogen-bond donors (Lipinski definition) is 4. The van der Waals surface area contributed by atoms with E-state index in [1.165, 1.54) is 11.8 Å². The largest absolute Gasteiger partial charge is 0.387 e. The van der Waals surface area contributed by atoms with Gasteiger partial charge in [0.05, 0.1) is 12.1 Å². The number of benzene rings is 2. The van der Waals surface area contributed by atoms with Crippen LogP contribution in [0, 0.1) is 17.0 Å². The monoisotopic (exact) mass is 706 g/mol. The second-order valence-corrected chi connectivity index (χ2v) is 13.4. The maximum Gasteiger partial charge on any atom is 0.254 e. The Bertz CT molecular complexity index is 1770. The van der Waals surface area contributed by atoms with Crippen molar-refractivity contribution in [3.05, 3.63) is 95.8 Å². The van der Waals surface area contributed by atoms with Crippen molar-refractivity contribution in [1.29, 1.82) is 0 Å². The van der Waals surface area contributed by atoms with Crippen LogP contribution in [-0.2, 0) is 30.5 Å². The smallest absolute Gasteiger partial charge is 0.254 e. The molecule has 3 atom stereocenters. The summed E-state index contributed by atoms with van der Waals surface area (Å²) in [6.45, 7) is 6.64. The Morgan fingerprint density at radius 1 is 0.941 bits per heavy atom. The zero-order valence-electron chi connectivity index (χ0n) is 29.1. The van der Waals surface area contributed by atoms with Gasteiger partial charge in [0.15, 0.2) is 0 Å². The second kappa shape index (κ2) is 16.7. The molecule has 0 saturated carbocycles. The van der Waals surface area contributed by atoms with Gasteiger partial charge >= 0.3 is 0 Å². The molecule has 1 aliphatic heterocycles. The summed E-state index contributed by atoms with van der Waals surface area (Å²) >= 11 is 0. The lowest BCUT2D eigenvalue weighted by Gasteiger charge is -2.41. The van der Waals surface area contributed by atoms with Crippen LogP contribution in [0.4, 0.5) is 8.78 Å². The van der Waals surface area contributed by atoms with Crippen LogP contribution in [0.15, 0.2) is 72.9 Å². The van der Waals surface area contributed by atoms with Gasteiger partial charge in [-0.25, -0.2) is 8.78 Å². The normalized spacial score (nSPS) is 14.7. The van der Waals surface area contributed by atoms with E-state index in [1.54, 1.807) is 12.3 Å². The highest BCUT2D eigenvalue weighted by molar-refractivity contribution is 6.15. The third-order valence-electron chi connectivity index (χ3n) is 8.58. The van der Waals surface area contributed by atoms with E-state index in [0.717, 1.165) is 40.8 Å². The SMILES string of the molecule is C[C@H](C(=O)NCCNC(=O)[C@@H](N)CCN(C(=O)CO)C(c1cc(-c2cc(F)ccc2F)cn1Cc1ccccc1)C(C)(C)C)N1C(=O)C=CC1=O. The number of aliphatic hydroxyl groups is 1. The Labute approximate surface area is 295 Å². The molecular weight excluding hydrogens is 662 g/mol. The molecule has 0 aliphatic carbocycles. The van der Waals surface area contributed by atoms with E-state index < -0.39 is 71.3 Å². The predicted octanol–water partition coefficient (Wildman–Crippen LogP) is 2.65. The van der Waals surface area contributed by atoms with Gasteiger partial charge in [0.25, 0.3) is 11.8 Å². The van der Waals surface area contributed by atoms with Gasteiger partial charge in [0.2, 0.25) is 17.7 Å². The fourth-order valence-corrected chi connectivity index (χ4v) is 6.07. The maximum atomic E-state index is 15.0. The molecule has 5 amide bonds. The third-order valence-corrected chi connectivity index (χ3v) is 8.58. The van der Waals surface area contributed by atoms with E-state index in [-0.39, 0.29) is 31.6 Å². The number of nitrogens with zero attached hydrogens (tertiary/aromatic N) is 3. The van der Waals surface area contributed by atoms with Crippen LogP contribution < -0.4 is 16.4 Å². The fourth-order valence-electron chi connectivity index (χ4n) is 6.07. The summed E-state index contributed by atoms with van der Waals surface area (Å²) in [5.74, 6) is -4.14. The molecule has 272 valence electrons. The standard InChI is InChI=1S/C37H44F2N6O6/c1-23(45-31(47)12-13-32(45)48)35(50)41-15-16-42-36(51)29(40)14-17-44(33(49)22-46)34(37(2,3)4)30-18-25(27-19-26(38)10-11-28(27)39)21-43(30)20-24-8-6-5-7-9-24/h5-13,18-19,21,23,29,34,46H,14-17,20,22,40H2,1-4H3,(H,41,50)(H,42,51)/t23-,29+,34?/m1/s1.